The molecule has 1 heterocycles. The van der Waals surface area contributed by atoms with Gasteiger partial charge in [-0.05, 0) is 11.1 Å². The minimum Gasteiger partial charge on any atom is -0.378 e. The van der Waals surface area contributed by atoms with E-state index in [1.165, 1.54) is 11.1 Å². The van der Waals surface area contributed by atoms with Gasteiger partial charge in [-0.1, -0.05) is 60.7 Å². The van der Waals surface area contributed by atoms with Crippen LogP contribution in [0.1, 0.15) is 17.2 Å². The molecule has 1 atom stereocenters. The van der Waals surface area contributed by atoms with E-state index in [0.29, 0.717) is 6.04 Å². The van der Waals surface area contributed by atoms with Gasteiger partial charge in [0, 0.05) is 13.1 Å². The Balaban J connectivity index is 1.78. The first-order valence-electron chi connectivity index (χ1n) is 6.84. The van der Waals surface area contributed by atoms with E-state index in [1.54, 1.807) is 0 Å². The van der Waals surface area contributed by atoms with Crippen molar-refractivity contribution in [1.29, 1.82) is 0 Å². The molecule has 0 radical (unpaired) electrons. The second-order valence-corrected chi connectivity index (χ2v) is 4.96. The quantitative estimate of drug-likeness (QED) is 0.832. The molecule has 3 rings (SSSR count). The molecule has 2 heteroatoms. The predicted octanol–water partition coefficient (Wildman–Crippen LogP) is 3.26. The van der Waals surface area contributed by atoms with Crippen LogP contribution in [0.5, 0.6) is 0 Å². The van der Waals surface area contributed by atoms with E-state index in [4.69, 9.17) is 4.74 Å². The highest BCUT2D eigenvalue weighted by molar-refractivity contribution is 5.21. The second-order valence-electron chi connectivity index (χ2n) is 4.96. The molecule has 1 aliphatic heterocycles. The average Bonchev–Trinajstić information content (AvgIpc) is 2.50. The minimum atomic E-state index is 0.371. The fourth-order valence-corrected chi connectivity index (χ4v) is 2.63. The topological polar surface area (TPSA) is 12.5 Å². The number of benzene rings is 2. The Labute approximate surface area is 114 Å². The number of rotatable bonds is 3. The van der Waals surface area contributed by atoms with E-state index >= 15 is 0 Å². The standard InChI is InChI=1S/C17H19NO/c1-3-7-15(8-4-1)13-18-11-12-19-14-17(18)16-9-5-2-6-10-16/h1-10,17H,11-14H2/t17-/m0/s1. The van der Waals surface area contributed by atoms with Crippen LogP contribution in [0, 0.1) is 0 Å². The number of hydrogen-bond acceptors (Lipinski definition) is 2. The lowest BCUT2D eigenvalue weighted by atomic mass is 10.0. The number of hydrogen-bond donors (Lipinski definition) is 0. The van der Waals surface area contributed by atoms with Crippen molar-refractivity contribution < 1.29 is 4.74 Å². The maximum Gasteiger partial charge on any atom is 0.0664 e. The fraction of sp³-hybridized carbons (Fsp3) is 0.294. The van der Waals surface area contributed by atoms with E-state index in [-0.39, 0.29) is 0 Å². The first kappa shape index (κ1) is 12.4. The third kappa shape index (κ3) is 3.03. The van der Waals surface area contributed by atoms with Crippen LogP contribution < -0.4 is 0 Å². The highest BCUT2D eigenvalue weighted by Gasteiger charge is 2.24. The summed E-state index contributed by atoms with van der Waals surface area (Å²) in [6, 6.07) is 21.7. The maximum absolute atomic E-state index is 5.66. The van der Waals surface area contributed by atoms with Crippen molar-refractivity contribution in [2.75, 3.05) is 19.8 Å². The predicted molar refractivity (Wildman–Crippen MR) is 76.9 cm³/mol. The van der Waals surface area contributed by atoms with Gasteiger partial charge in [0.05, 0.1) is 19.3 Å². The molecule has 0 bridgehead atoms. The van der Waals surface area contributed by atoms with Crippen molar-refractivity contribution >= 4 is 0 Å². The smallest absolute Gasteiger partial charge is 0.0664 e. The molecule has 2 aromatic carbocycles. The Morgan fingerprint density at radius 2 is 1.63 bits per heavy atom. The Morgan fingerprint density at radius 3 is 2.37 bits per heavy atom. The summed E-state index contributed by atoms with van der Waals surface area (Å²) >= 11 is 0. The molecule has 0 spiro atoms. The van der Waals surface area contributed by atoms with Crippen molar-refractivity contribution in [1.82, 2.24) is 4.90 Å². The Morgan fingerprint density at radius 1 is 0.947 bits per heavy atom. The molecule has 2 nitrogen and oxygen atoms in total. The van der Waals surface area contributed by atoms with Crippen LogP contribution in [-0.4, -0.2) is 24.7 Å². The highest BCUT2D eigenvalue weighted by atomic mass is 16.5. The van der Waals surface area contributed by atoms with Gasteiger partial charge in [-0.25, -0.2) is 0 Å². The van der Waals surface area contributed by atoms with Crippen molar-refractivity contribution in [2.45, 2.75) is 12.6 Å². The summed E-state index contributed by atoms with van der Waals surface area (Å²) < 4.78 is 5.66. The lowest BCUT2D eigenvalue weighted by Gasteiger charge is -2.36. The molecule has 1 aliphatic rings. The number of morpholine rings is 1. The van der Waals surface area contributed by atoms with Gasteiger partial charge in [0.25, 0.3) is 0 Å². The van der Waals surface area contributed by atoms with Gasteiger partial charge in [-0.3, -0.25) is 4.90 Å². The molecule has 0 aliphatic carbocycles. The van der Waals surface area contributed by atoms with Crippen molar-refractivity contribution in [2.24, 2.45) is 0 Å². The summed E-state index contributed by atoms with van der Waals surface area (Å²) in [5, 5.41) is 0. The van der Waals surface area contributed by atoms with Gasteiger partial charge in [-0.2, -0.15) is 0 Å². The van der Waals surface area contributed by atoms with Crippen LogP contribution in [0.3, 0.4) is 0 Å². The lowest BCUT2D eigenvalue weighted by molar-refractivity contribution is -0.0127. The molecule has 1 fully saturated rings. The molecule has 0 amide bonds. The van der Waals surface area contributed by atoms with Crippen LogP contribution in [-0.2, 0) is 11.3 Å². The second kappa shape index (κ2) is 6.00. The molecule has 98 valence electrons. The molecular weight excluding hydrogens is 234 g/mol. The van der Waals surface area contributed by atoms with E-state index < -0.39 is 0 Å². The van der Waals surface area contributed by atoms with E-state index in [2.05, 4.69) is 65.6 Å². The van der Waals surface area contributed by atoms with Crippen LogP contribution in [0.15, 0.2) is 60.7 Å². The first-order chi connectivity index (χ1) is 9.43. The molecule has 1 saturated heterocycles. The largest absolute Gasteiger partial charge is 0.378 e. The summed E-state index contributed by atoms with van der Waals surface area (Å²) in [5.41, 5.74) is 2.71. The normalized spacial score (nSPS) is 20.3. The molecule has 0 unspecified atom stereocenters. The summed E-state index contributed by atoms with van der Waals surface area (Å²) in [5.74, 6) is 0. The van der Waals surface area contributed by atoms with Gasteiger partial charge < -0.3 is 4.74 Å². The summed E-state index contributed by atoms with van der Waals surface area (Å²) in [7, 11) is 0. The zero-order chi connectivity index (χ0) is 12.9. The third-order valence-corrected chi connectivity index (χ3v) is 3.65. The van der Waals surface area contributed by atoms with Crippen LogP contribution in [0.25, 0.3) is 0 Å². The Hall–Kier alpha value is -1.64. The van der Waals surface area contributed by atoms with Crippen molar-refractivity contribution in [3.63, 3.8) is 0 Å². The van der Waals surface area contributed by atoms with Gasteiger partial charge in [0.1, 0.15) is 0 Å². The van der Waals surface area contributed by atoms with Gasteiger partial charge in [0.2, 0.25) is 0 Å². The minimum absolute atomic E-state index is 0.371. The van der Waals surface area contributed by atoms with Crippen LogP contribution >= 0.6 is 0 Å². The van der Waals surface area contributed by atoms with E-state index in [1.807, 2.05) is 0 Å². The lowest BCUT2D eigenvalue weighted by Crippen LogP contribution is -2.38. The van der Waals surface area contributed by atoms with Crippen LogP contribution in [0.2, 0.25) is 0 Å². The molecular formula is C17H19NO. The van der Waals surface area contributed by atoms with Crippen molar-refractivity contribution in [3.8, 4) is 0 Å². The fourth-order valence-electron chi connectivity index (χ4n) is 2.63. The Bertz CT molecular complexity index is 497. The molecule has 0 aromatic heterocycles. The molecule has 0 N–H and O–H groups in total. The zero-order valence-electron chi connectivity index (χ0n) is 11.0. The maximum atomic E-state index is 5.66. The first-order valence-corrected chi connectivity index (χ1v) is 6.84. The molecule has 0 saturated carbocycles. The third-order valence-electron chi connectivity index (χ3n) is 3.65. The summed E-state index contributed by atoms with van der Waals surface area (Å²) in [4.78, 5) is 2.51. The molecule has 19 heavy (non-hydrogen) atoms. The van der Waals surface area contributed by atoms with Gasteiger partial charge >= 0.3 is 0 Å². The summed E-state index contributed by atoms with van der Waals surface area (Å²) in [6.07, 6.45) is 0. The average molecular weight is 253 g/mol. The van der Waals surface area contributed by atoms with Gasteiger partial charge in [-0.15, -0.1) is 0 Å². The van der Waals surface area contributed by atoms with Crippen molar-refractivity contribution in [3.05, 3.63) is 71.8 Å². The monoisotopic (exact) mass is 253 g/mol. The van der Waals surface area contributed by atoms with Gasteiger partial charge in [0.15, 0.2) is 0 Å². The zero-order valence-corrected chi connectivity index (χ0v) is 11.0. The highest BCUT2D eigenvalue weighted by Crippen LogP contribution is 2.25. The number of nitrogens with zero attached hydrogens (tertiary/aromatic N) is 1. The number of ether oxygens (including phenoxy) is 1. The summed E-state index contributed by atoms with van der Waals surface area (Å²) in [6.45, 7) is 3.60. The SMILES string of the molecule is c1ccc(CN2CCOC[C@H]2c2ccccc2)cc1. The van der Waals surface area contributed by atoms with E-state index in [9.17, 15) is 0 Å². The Kier molecular flexibility index (Phi) is 3.92. The van der Waals surface area contributed by atoms with E-state index in [0.717, 1.165) is 26.3 Å². The van der Waals surface area contributed by atoms with Crippen LogP contribution in [0.4, 0.5) is 0 Å². The molecule has 2 aromatic rings.